The van der Waals surface area contributed by atoms with E-state index in [-0.39, 0.29) is 24.8 Å². The fourth-order valence-electron chi connectivity index (χ4n) is 4.96. The largest absolute Gasteiger partial charge is 0.399 e. The molecule has 5 rings (SSSR count). The minimum atomic E-state index is 0. The number of aryl methyl sites for hydroxylation is 2. The molecule has 33 heavy (non-hydrogen) atoms. The van der Waals surface area contributed by atoms with Crippen molar-refractivity contribution in [3.63, 3.8) is 0 Å². The Morgan fingerprint density at radius 2 is 1.24 bits per heavy atom. The summed E-state index contributed by atoms with van der Waals surface area (Å²) in [7, 11) is 0. The molecule has 0 bridgehead atoms. The Morgan fingerprint density at radius 1 is 0.697 bits per heavy atom. The van der Waals surface area contributed by atoms with E-state index in [0.29, 0.717) is 0 Å². The summed E-state index contributed by atoms with van der Waals surface area (Å²) in [6.07, 6.45) is 9.03. The average molecular weight is 479 g/mol. The van der Waals surface area contributed by atoms with Crippen molar-refractivity contribution in [3.05, 3.63) is 112 Å². The van der Waals surface area contributed by atoms with Crippen molar-refractivity contribution < 1.29 is 0 Å². The molecule has 1 saturated heterocycles. The molecule has 2 N–H and O–H groups in total. The van der Waals surface area contributed by atoms with E-state index >= 15 is 0 Å². The van der Waals surface area contributed by atoms with Crippen LogP contribution in [-0.2, 0) is 12.8 Å². The molecule has 4 heteroatoms. The highest BCUT2D eigenvalue weighted by atomic mass is 35.5. The third-order valence-electron chi connectivity index (χ3n) is 6.66. The summed E-state index contributed by atoms with van der Waals surface area (Å²) in [4.78, 5) is 2.56. The Bertz CT molecular complexity index is 1070. The molecule has 1 aliphatic heterocycles. The van der Waals surface area contributed by atoms with Gasteiger partial charge in [0.05, 0.1) is 0 Å². The second-order valence-electron chi connectivity index (χ2n) is 8.66. The van der Waals surface area contributed by atoms with Crippen molar-refractivity contribution in [1.82, 2.24) is 4.90 Å². The smallest absolute Gasteiger partial charge is 0.0314 e. The van der Waals surface area contributed by atoms with Gasteiger partial charge in [0.15, 0.2) is 0 Å². The normalized spacial score (nSPS) is 15.8. The van der Waals surface area contributed by atoms with Gasteiger partial charge in [0.2, 0.25) is 0 Å². The first-order valence-corrected chi connectivity index (χ1v) is 11.4. The molecule has 0 unspecified atom stereocenters. The average Bonchev–Trinajstić information content (AvgIpc) is 2.98. The predicted molar refractivity (Wildman–Crippen MR) is 146 cm³/mol. The number of nitrogens with zero attached hydrogens (tertiary/aromatic N) is 1. The molecule has 2 aliphatic rings. The second kappa shape index (κ2) is 11.6. The van der Waals surface area contributed by atoms with Crippen molar-refractivity contribution in [2.45, 2.75) is 25.7 Å². The Morgan fingerprint density at radius 3 is 1.82 bits per heavy atom. The number of benzene rings is 3. The highest BCUT2D eigenvalue weighted by molar-refractivity contribution is 5.86. The van der Waals surface area contributed by atoms with Crippen LogP contribution in [-0.4, -0.2) is 24.5 Å². The van der Waals surface area contributed by atoms with Crippen molar-refractivity contribution in [1.29, 1.82) is 0 Å². The summed E-state index contributed by atoms with van der Waals surface area (Å²) < 4.78 is 0. The van der Waals surface area contributed by atoms with E-state index in [1.807, 2.05) is 12.1 Å². The van der Waals surface area contributed by atoms with Gasteiger partial charge in [0, 0.05) is 25.3 Å². The molecule has 0 radical (unpaired) electrons. The van der Waals surface area contributed by atoms with Crippen LogP contribution in [0.25, 0.3) is 11.6 Å². The van der Waals surface area contributed by atoms with Gasteiger partial charge < -0.3 is 5.73 Å². The maximum Gasteiger partial charge on any atom is 0.0314 e. The fourth-order valence-corrected chi connectivity index (χ4v) is 4.96. The zero-order valence-electron chi connectivity index (χ0n) is 18.9. The van der Waals surface area contributed by atoms with Crippen LogP contribution >= 0.6 is 24.8 Å². The van der Waals surface area contributed by atoms with Gasteiger partial charge >= 0.3 is 0 Å². The van der Waals surface area contributed by atoms with Crippen molar-refractivity contribution in [2.24, 2.45) is 0 Å². The quantitative estimate of drug-likeness (QED) is 0.418. The summed E-state index contributed by atoms with van der Waals surface area (Å²) in [5.74, 6) is 0. The van der Waals surface area contributed by atoms with Gasteiger partial charge in [-0.25, -0.2) is 0 Å². The summed E-state index contributed by atoms with van der Waals surface area (Å²) >= 11 is 0. The number of piperidine rings is 1. The summed E-state index contributed by atoms with van der Waals surface area (Å²) in [6.45, 7) is 3.24. The highest BCUT2D eigenvalue weighted by Crippen LogP contribution is 2.38. The monoisotopic (exact) mass is 478 g/mol. The molecule has 3 aromatic rings. The van der Waals surface area contributed by atoms with Crippen LogP contribution in [0.4, 0.5) is 5.69 Å². The van der Waals surface area contributed by atoms with Crippen molar-refractivity contribution >= 4 is 42.2 Å². The molecule has 172 valence electrons. The zero-order valence-corrected chi connectivity index (χ0v) is 20.5. The number of hydrogen-bond donors (Lipinski definition) is 1. The van der Waals surface area contributed by atoms with E-state index in [1.165, 1.54) is 33.4 Å². The van der Waals surface area contributed by atoms with Gasteiger partial charge in [0.25, 0.3) is 0 Å². The van der Waals surface area contributed by atoms with Crippen LogP contribution in [0.2, 0.25) is 0 Å². The van der Waals surface area contributed by atoms with E-state index in [4.69, 9.17) is 5.73 Å². The number of hydrogen-bond acceptors (Lipinski definition) is 2. The molecule has 0 spiro atoms. The van der Waals surface area contributed by atoms with E-state index in [1.54, 1.807) is 5.57 Å². The third kappa shape index (κ3) is 5.70. The van der Waals surface area contributed by atoms with Gasteiger partial charge in [0.1, 0.15) is 0 Å². The molecule has 1 aliphatic carbocycles. The molecule has 2 nitrogen and oxygen atoms in total. The van der Waals surface area contributed by atoms with E-state index in [0.717, 1.165) is 51.0 Å². The number of anilines is 1. The minimum Gasteiger partial charge on any atom is -0.399 e. The summed E-state index contributed by atoms with van der Waals surface area (Å²) in [5, 5.41) is 0. The minimum absolute atomic E-state index is 0. The Labute approximate surface area is 210 Å². The van der Waals surface area contributed by atoms with Crippen LogP contribution in [0.1, 0.15) is 40.7 Å². The maximum absolute atomic E-state index is 5.78. The molecule has 0 aromatic heterocycles. The number of halogens is 2. The predicted octanol–water partition coefficient (Wildman–Crippen LogP) is 6.82. The molecule has 0 amide bonds. The topological polar surface area (TPSA) is 29.3 Å². The Hall–Kier alpha value is -2.52. The molecule has 3 aromatic carbocycles. The zero-order chi connectivity index (χ0) is 21.0. The first-order chi connectivity index (χ1) is 15.3. The van der Waals surface area contributed by atoms with Gasteiger partial charge in [-0.05, 0) is 71.2 Å². The standard InChI is InChI=1S/C29H30N2.2ClH/c30-26-15-11-22(12-16-26)6-5-19-31-20-17-25(18-21-31)29-27-9-3-1-7-23(27)13-14-24-8-2-4-10-28(24)29;;/h1-12,15-16H,13-14,17-21,30H2;2*1H/b6-5+;;. The summed E-state index contributed by atoms with van der Waals surface area (Å²) in [6, 6.07) is 26.1. The van der Waals surface area contributed by atoms with Gasteiger partial charge in [-0.2, -0.15) is 0 Å². The van der Waals surface area contributed by atoms with Crippen LogP contribution in [0.15, 0.2) is 84.4 Å². The van der Waals surface area contributed by atoms with Gasteiger partial charge in [-0.15, -0.1) is 24.8 Å². The SMILES string of the molecule is Cl.Cl.Nc1ccc(/C=C/CN2CCC(=C3c4ccccc4CCc4ccccc43)CC2)cc1. The van der Waals surface area contributed by atoms with Crippen LogP contribution in [0, 0.1) is 0 Å². The molecule has 0 saturated carbocycles. The first kappa shape index (κ1) is 25.1. The molecule has 1 fully saturated rings. The lowest BCUT2D eigenvalue weighted by molar-refractivity contribution is 0.284. The van der Waals surface area contributed by atoms with E-state index in [9.17, 15) is 0 Å². The van der Waals surface area contributed by atoms with Crippen molar-refractivity contribution in [3.8, 4) is 0 Å². The Kier molecular flexibility index (Phi) is 8.80. The Balaban J connectivity index is 0.00000153. The maximum atomic E-state index is 5.78. The number of nitrogen functional groups attached to an aromatic ring is 1. The van der Waals surface area contributed by atoms with Crippen molar-refractivity contribution in [2.75, 3.05) is 25.4 Å². The molecule has 1 heterocycles. The third-order valence-corrected chi connectivity index (χ3v) is 6.66. The van der Waals surface area contributed by atoms with Gasteiger partial charge in [-0.1, -0.05) is 78.4 Å². The van der Waals surface area contributed by atoms with E-state index in [2.05, 4.69) is 77.7 Å². The lowest BCUT2D eigenvalue weighted by Crippen LogP contribution is -2.31. The van der Waals surface area contributed by atoms with Gasteiger partial charge in [-0.3, -0.25) is 4.90 Å². The first-order valence-electron chi connectivity index (χ1n) is 11.4. The van der Waals surface area contributed by atoms with Crippen LogP contribution in [0.5, 0.6) is 0 Å². The number of rotatable bonds is 3. The second-order valence-corrected chi connectivity index (χ2v) is 8.66. The summed E-state index contributed by atoms with van der Waals surface area (Å²) in [5.41, 5.74) is 16.8. The molecular weight excluding hydrogens is 447 g/mol. The number of nitrogens with two attached hydrogens (primary N) is 1. The number of likely N-dealkylation sites (tertiary alicyclic amines) is 1. The van der Waals surface area contributed by atoms with Crippen LogP contribution in [0.3, 0.4) is 0 Å². The van der Waals surface area contributed by atoms with E-state index < -0.39 is 0 Å². The fraction of sp³-hybridized carbons (Fsp3) is 0.241. The number of fused-ring (bicyclic) bond motifs is 2. The molecule has 0 atom stereocenters. The molecular formula is C29H32Cl2N2. The van der Waals surface area contributed by atoms with Crippen LogP contribution < -0.4 is 5.73 Å². The lowest BCUT2D eigenvalue weighted by Gasteiger charge is -2.29. The highest BCUT2D eigenvalue weighted by Gasteiger charge is 2.23. The lowest BCUT2D eigenvalue weighted by atomic mass is 9.86.